The van der Waals surface area contributed by atoms with Crippen LogP contribution in [0.3, 0.4) is 0 Å². The summed E-state index contributed by atoms with van der Waals surface area (Å²) < 4.78 is 49.2. The van der Waals surface area contributed by atoms with Gasteiger partial charge in [-0.3, -0.25) is 9.11 Å². The highest BCUT2D eigenvalue weighted by atomic mass is 32.3. The van der Waals surface area contributed by atoms with E-state index < -0.39 is 16.3 Å². The van der Waals surface area contributed by atoms with Crippen LogP contribution in [-0.4, -0.2) is 41.7 Å². The second-order valence-electron chi connectivity index (χ2n) is 3.80. The van der Waals surface area contributed by atoms with Gasteiger partial charge in [-0.05, 0) is 26.7 Å². The van der Waals surface area contributed by atoms with Crippen LogP contribution in [0.5, 0.6) is 0 Å². The smallest absolute Gasteiger partial charge is 0.394 e. The quantitative estimate of drug-likeness (QED) is 0.414. The number of aliphatic hydroxyl groups excluding tert-OH is 1. The maximum absolute atomic E-state index is 12.7. The Hall–Kier alpha value is -0.320. The van der Waals surface area contributed by atoms with E-state index in [1.165, 1.54) is 13.8 Å². The van der Waals surface area contributed by atoms with E-state index in [1.807, 2.05) is 0 Å². The Morgan fingerprint density at radius 1 is 1.11 bits per heavy atom. The molecule has 0 saturated heterocycles. The highest BCUT2D eigenvalue weighted by molar-refractivity contribution is 7.79. The molecule has 114 valence electrons. The molecule has 0 radical (unpaired) electrons. The third-order valence-electron chi connectivity index (χ3n) is 1.50. The summed E-state index contributed by atoms with van der Waals surface area (Å²) in [5.41, 5.74) is 0. The molecular weight excluding hydrogens is 269 g/mol. The minimum absolute atomic E-state index is 0. The average molecular weight is 293 g/mol. The summed E-state index contributed by atoms with van der Waals surface area (Å²) in [5.74, 6) is -1.50. The van der Waals surface area contributed by atoms with Gasteiger partial charge in [-0.15, -0.1) is 0 Å². The first-order valence-corrected chi connectivity index (χ1v) is 6.59. The zero-order valence-corrected chi connectivity index (χ0v) is 11.6. The number of unbranched alkanes of at least 4 members (excludes halogenated alkanes) is 3. The fourth-order valence-corrected chi connectivity index (χ4v) is 0.882. The van der Waals surface area contributed by atoms with Crippen LogP contribution in [-0.2, 0) is 15.1 Å². The summed E-state index contributed by atoms with van der Waals surface area (Å²) >= 11 is 0. The minimum atomic E-state index is -4.67. The van der Waals surface area contributed by atoms with E-state index in [4.69, 9.17) is 27.4 Å². The van der Waals surface area contributed by atoms with Crippen molar-refractivity contribution in [3.05, 3.63) is 0 Å². The molecule has 0 aliphatic heterocycles. The molecule has 0 atom stereocenters. The SMILES string of the molecule is CC(C)(F)OCCCCCCO.N.O=S(=O)(O)O. The molecule has 7 nitrogen and oxygen atoms in total. The monoisotopic (exact) mass is 293 g/mol. The number of alkyl halides is 1. The van der Waals surface area contributed by atoms with Gasteiger partial charge in [-0.25, -0.2) is 4.39 Å². The second-order valence-corrected chi connectivity index (χ2v) is 4.69. The first-order chi connectivity index (χ1) is 7.56. The Kier molecular flexibility index (Phi) is 14.9. The van der Waals surface area contributed by atoms with Crippen LogP contribution in [0.1, 0.15) is 39.5 Å². The van der Waals surface area contributed by atoms with Gasteiger partial charge >= 0.3 is 10.4 Å². The number of halogens is 1. The topological polar surface area (TPSA) is 139 Å². The lowest BCUT2D eigenvalue weighted by atomic mass is 10.2. The van der Waals surface area contributed by atoms with E-state index in [-0.39, 0.29) is 12.8 Å². The summed E-state index contributed by atoms with van der Waals surface area (Å²) in [7, 11) is -4.67. The molecule has 0 aromatic rings. The van der Waals surface area contributed by atoms with Crippen molar-refractivity contribution < 1.29 is 31.8 Å². The van der Waals surface area contributed by atoms with Gasteiger partial charge in [0.25, 0.3) is 0 Å². The van der Waals surface area contributed by atoms with Crippen LogP contribution < -0.4 is 6.15 Å². The van der Waals surface area contributed by atoms with Crippen LogP contribution in [0.15, 0.2) is 0 Å². The third kappa shape index (κ3) is 44.8. The van der Waals surface area contributed by atoms with Crippen molar-refractivity contribution in [1.82, 2.24) is 6.15 Å². The Bertz CT molecular complexity index is 257. The van der Waals surface area contributed by atoms with Crippen molar-refractivity contribution in [2.24, 2.45) is 0 Å². The van der Waals surface area contributed by atoms with Crippen LogP contribution in [0, 0.1) is 0 Å². The maximum Gasteiger partial charge on any atom is 0.394 e. The summed E-state index contributed by atoms with van der Waals surface area (Å²) in [6.07, 6.45) is 3.69. The molecule has 0 aromatic heterocycles. The number of rotatable bonds is 7. The Labute approximate surface area is 108 Å². The largest absolute Gasteiger partial charge is 0.396 e. The number of aliphatic hydroxyl groups is 1. The lowest BCUT2D eigenvalue weighted by Crippen LogP contribution is -2.17. The van der Waals surface area contributed by atoms with Gasteiger partial charge in [-0.1, -0.05) is 12.8 Å². The first kappa shape index (κ1) is 22.8. The summed E-state index contributed by atoms with van der Waals surface area (Å²) in [5, 5.41) is 8.46. The highest BCUT2D eigenvalue weighted by Crippen LogP contribution is 2.11. The molecule has 0 spiro atoms. The molecule has 6 N–H and O–H groups in total. The summed E-state index contributed by atoms with van der Waals surface area (Å²) in [6.45, 7) is 3.52. The number of hydrogen-bond donors (Lipinski definition) is 4. The molecule has 0 amide bonds. The molecule has 9 heteroatoms. The van der Waals surface area contributed by atoms with E-state index in [2.05, 4.69) is 0 Å². The number of ether oxygens (including phenoxy) is 1. The van der Waals surface area contributed by atoms with Crippen LogP contribution in [0.2, 0.25) is 0 Å². The Morgan fingerprint density at radius 2 is 1.50 bits per heavy atom. The van der Waals surface area contributed by atoms with Crippen LogP contribution >= 0.6 is 0 Å². The van der Waals surface area contributed by atoms with Crippen molar-refractivity contribution in [2.45, 2.75) is 45.4 Å². The fourth-order valence-electron chi connectivity index (χ4n) is 0.882. The maximum atomic E-state index is 12.7. The van der Waals surface area contributed by atoms with E-state index in [0.29, 0.717) is 6.61 Å². The zero-order chi connectivity index (χ0) is 13.9. The highest BCUT2D eigenvalue weighted by Gasteiger charge is 2.13. The predicted octanol–water partition coefficient (Wildman–Crippen LogP) is 1.77. The van der Waals surface area contributed by atoms with E-state index in [9.17, 15) is 4.39 Å². The Morgan fingerprint density at radius 3 is 1.83 bits per heavy atom. The van der Waals surface area contributed by atoms with Gasteiger partial charge in [-0.2, -0.15) is 8.42 Å². The molecule has 0 aliphatic carbocycles. The summed E-state index contributed by atoms with van der Waals surface area (Å²) in [6, 6.07) is 0. The molecule has 0 saturated carbocycles. The van der Waals surface area contributed by atoms with Crippen LogP contribution in [0.25, 0.3) is 0 Å². The normalized spacial score (nSPS) is 11.2. The van der Waals surface area contributed by atoms with Gasteiger partial charge < -0.3 is 16.0 Å². The Balaban J connectivity index is -0.000000321. The zero-order valence-electron chi connectivity index (χ0n) is 10.8. The fraction of sp³-hybridized carbons (Fsp3) is 1.00. The number of hydrogen-bond acceptors (Lipinski definition) is 5. The molecule has 0 aliphatic rings. The van der Waals surface area contributed by atoms with Crippen molar-refractivity contribution in [3.8, 4) is 0 Å². The molecule has 0 aromatic carbocycles. The first-order valence-electron chi connectivity index (χ1n) is 5.20. The molecule has 0 fully saturated rings. The van der Waals surface area contributed by atoms with Crippen molar-refractivity contribution >= 4 is 10.4 Å². The molecule has 0 rings (SSSR count). The van der Waals surface area contributed by atoms with Gasteiger partial charge in [0.15, 0.2) is 0 Å². The third-order valence-corrected chi connectivity index (χ3v) is 1.50. The van der Waals surface area contributed by atoms with Gasteiger partial charge in [0.1, 0.15) is 0 Å². The molecule has 0 unspecified atom stereocenters. The molecule has 0 bridgehead atoms. The standard InChI is InChI=1S/C9H19FO2.H3N.H2O4S/c1-9(2,10)12-8-6-4-3-5-7-11;;1-5(2,3)4/h11H,3-8H2,1-2H3;1H3;(H2,1,2,3,4). The lowest BCUT2D eigenvalue weighted by Gasteiger charge is -2.14. The predicted molar refractivity (Wildman–Crippen MR) is 65.9 cm³/mol. The average Bonchev–Trinajstić information content (AvgIpc) is 2.06. The molecule has 0 heterocycles. The van der Waals surface area contributed by atoms with Crippen molar-refractivity contribution in [3.63, 3.8) is 0 Å². The summed E-state index contributed by atoms with van der Waals surface area (Å²) in [4.78, 5) is 0. The van der Waals surface area contributed by atoms with Crippen molar-refractivity contribution in [1.29, 1.82) is 0 Å². The van der Waals surface area contributed by atoms with Gasteiger partial charge in [0, 0.05) is 6.61 Å². The van der Waals surface area contributed by atoms with Gasteiger partial charge in [0.2, 0.25) is 5.85 Å². The van der Waals surface area contributed by atoms with Crippen LogP contribution in [0.4, 0.5) is 4.39 Å². The van der Waals surface area contributed by atoms with E-state index >= 15 is 0 Å². The van der Waals surface area contributed by atoms with E-state index in [0.717, 1.165) is 25.7 Å². The lowest BCUT2D eigenvalue weighted by molar-refractivity contribution is -0.116. The van der Waals surface area contributed by atoms with E-state index in [1.54, 1.807) is 0 Å². The molecular formula is C9H24FNO6S. The molecule has 18 heavy (non-hydrogen) atoms. The van der Waals surface area contributed by atoms with Crippen molar-refractivity contribution in [2.75, 3.05) is 13.2 Å². The van der Waals surface area contributed by atoms with Gasteiger partial charge in [0.05, 0.1) is 6.61 Å². The second kappa shape index (κ2) is 11.8. The minimum Gasteiger partial charge on any atom is -0.396 e.